The average molecular weight is 246 g/mol. The Morgan fingerprint density at radius 1 is 1.22 bits per heavy atom. The summed E-state index contributed by atoms with van der Waals surface area (Å²) in [6.45, 7) is 6.02. The number of hydrogen-bond acceptors (Lipinski definition) is 1. The Hall–Kier alpha value is -1.61. The molecule has 0 aliphatic carbocycles. The number of benzene rings is 1. The molecule has 0 spiro atoms. The summed E-state index contributed by atoms with van der Waals surface area (Å²) in [6, 6.07) is 11.0. The van der Waals surface area contributed by atoms with Crippen molar-refractivity contribution in [1.29, 1.82) is 0 Å². The molecule has 1 N–H and O–H groups in total. The van der Waals surface area contributed by atoms with Crippen LogP contribution >= 0.6 is 0 Å². The standard InChI is InChI=1S/C15H19FN2/c1-3-18-10-4-5-15(18)11-17-12(2)13-6-8-14(16)9-7-13/h4-10,12,17H,3,11H2,1-2H3/t12-/m0/s1. The molecule has 0 radical (unpaired) electrons. The first kappa shape index (κ1) is 12.8. The molecule has 2 rings (SSSR count). The summed E-state index contributed by atoms with van der Waals surface area (Å²) in [7, 11) is 0. The second-order valence-electron chi connectivity index (χ2n) is 4.44. The van der Waals surface area contributed by atoms with Crippen molar-refractivity contribution in [2.45, 2.75) is 33.0 Å². The molecule has 3 heteroatoms. The van der Waals surface area contributed by atoms with Gasteiger partial charge in [0.15, 0.2) is 0 Å². The highest BCUT2D eigenvalue weighted by Crippen LogP contribution is 2.13. The van der Waals surface area contributed by atoms with Crippen LogP contribution in [0.1, 0.15) is 31.1 Å². The summed E-state index contributed by atoms with van der Waals surface area (Å²) < 4.78 is 15.0. The number of nitrogens with one attached hydrogen (secondary N) is 1. The van der Waals surface area contributed by atoms with E-state index in [-0.39, 0.29) is 11.9 Å². The van der Waals surface area contributed by atoms with E-state index in [0.29, 0.717) is 0 Å². The van der Waals surface area contributed by atoms with E-state index in [2.05, 4.69) is 42.1 Å². The Morgan fingerprint density at radius 3 is 2.61 bits per heavy atom. The largest absolute Gasteiger partial charge is 0.351 e. The lowest BCUT2D eigenvalue weighted by Gasteiger charge is -2.15. The van der Waals surface area contributed by atoms with Crippen LogP contribution in [0.3, 0.4) is 0 Å². The zero-order valence-corrected chi connectivity index (χ0v) is 10.9. The highest BCUT2D eigenvalue weighted by Gasteiger charge is 2.06. The van der Waals surface area contributed by atoms with Gasteiger partial charge in [0.1, 0.15) is 5.82 Å². The van der Waals surface area contributed by atoms with E-state index >= 15 is 0 Å². The van der Waals surface area contributed by atoms with Crippen LogP contribution in [-0.2, 0) is 13.1 Å². The highest BCUT2D eigenvalue weighted by molar-refractivity contribution is 5.19. The number of nitrogens with zero attached hydrogens (tertiary/aromatic N) is 1. The van der Waals surface area contributed by atoms with Crippen LogP contribution in [-0.4, -0.2) is 4.57 Å². The third-order valence-corrected chi connectivity index (χ3v) is 3.22. The first-order valence-corrected chi connectivity index (χ1v) is 6.33. The van der Waals surface area contributed by atoms with Gasteiger partial charge in [0, 0.05) is 31.0 Å². The summed E-state index contributed by atoms with van der Waals surface area (Å²) in [6.07, 6.45) is 2.08. The molecule has 1 heterocycles. The van der Waals surface area contributed by atoms with Gasteiger partial charge < -0.3 is 9.88 Å². The van der Waals surface area contributed by atoms with Crippen molar-refractivity contribution in [3.8, 4) is 0 Å². The zero-order chi connectivity index (χ0) is 13.0. The summed E-state index contributed by atoms with van der Waals surface area (Å²) in [5, 5.41) is 3.45. The fourth-order valence-electron chi connectivity index (χ4n) is 2.05. The van der Waals surface area contributed by atoms with E-state index in [9.17, 15) is 4.39 Å². The maximum atomic E-state index is 12.8. The second kappa shape index (κ2) is 5.83. The minimum atomic E-state index is -0.189. The molecule has 0 aliphatic heterocycles. The van der Waals surface area contributed by atoms with Crippen LogP contribution in [0.2, 0.25) is 0 Å². The first-order chi connectivity index (χ1) is 8.70. The molecule has 0 unspecified atom stereocenters. The molecule has 1 atom stereocenters. The van der Waals surface area contributed by atoms with Crippen LogP contribution in [0.25, 0.3) is 0 Å². The third kappa shape index (κ3) is 2.99. The van der Waals surface area contributed by atoms with E-state index < -0.39 is 0 Å². The van der Waals surface area contributed by atoms with Crippen molar-refractivity contribution in [2.24, 2.45) is 0 Å². The Bertz CT molecular complexity index is 487. The average Bonchev–Trinajstić information content (AvgIpc) is 2.84. The summed E-state index contributed by atoms with van der Waals surface area (Å²) in [5.74, 6) is -0.189. The Balaban J connectivity index is 1.96. The predicted molar refractivity (Wildman–Crippen MR) is 71.8 cm³/mol. The van der Waals surface area contributed by atoms with Crippen molar-refractivity contribution in [3.05, 3.63) is 59.7 Å². The molecular formula is C15H19FN2. The van der Waals surface area contributed by atoms with Crippen LogP contribution in [0.5, 0.6) is 0 Å². The van der Waals surface area contributed by atoms with Gasteiger partial charge in [0.05, 0.1) is 0 Å². The number of aromatic nitrogens is 1. The van der Waals surface area contributed by atoms with E-state index in [4.69, 9.17) is 0 Å². The number of aryl methyl sites for hydroxylation is 1. The molecule has 1 aromatic heterocycles. The van der Waals surface area contributed by atoms with E-state index in [0.717, 1.165) is 18.7 Å². The maximum absolute atomic E-state index is 12.8. The first-order valence-electron chi connectivity index (χ1n) is 6.33. The van der Waals surface area contributed by atoms with Crippen molar-refractivity contribution in [2.75, 3.05) is 0 Å². The number of hydrogen-bond donors (Lipinski definition) is 1. The minimum Gasteiger partial charge on any atom is -0.351 e. The van der Waals surface area contributed by atoms with Crippen LogP contribution in [0.15, 0.2) is 42.6 Å². The van der Waals surface area contributed by atoms with Gasteiger partial charge in [-0.05, 0) is 43.7 Å². The Labute approximate surface area is 107 Å². The number of halogens is 1. The lowest BCUT2D eigenvalue weighted by molar-refractivity contribution is 0.547. The van der Waals surface area contributed by atoms with Crippen molar-refractivity contribution in [1.82, 2.24) is 9.88 Å². The predicted octanol–water partition coefficient (Wildman–Crippen LogP) is 3.50. The SMILES string of the molecule is CCn1cccc1CN[C@@H](C)c1ccc(F)cc1. The van der Waals surface area contributed by atoms with Gasteiger partial charge in [-0.25, -0.2) is 4.39 Å². The normalized spacial score (nSPS) is 12.6. The van der Waals surface area contributed by atoms with Gasteiger partial charge in [0.25, 0.3) is 0 Å². The summed E-state index contributed by atoms with van der Waals surface area (Å²) in [5.41, 5.74) is 2.37. The topological polar surface area (TPSA) is 17.0 Å². The fraction of sp³-hybridized carbons (Fsp3) is 0.333. The van der Waals surface area contributed by atoms with Gasteiger partial charge in [-0.15, -0.1) is 0 Å². The second-order valence-corrected chi connectivity index (χ2v) is 4.44. The Morgan fingerprint density at radius 2 is 1.94 bits per heavy atom. The molecule has 96 valence electrons. The minimum absolute atomic E-state index is 0.189. The number of rotatable bonds is 5. The Kier molecular flexibility index (Phi) is 4.15. The summed E-state index contributed by atoms with van der Waals surface area (Å²) in [4.78, 5) is 0. The van der Waals surface area contributed by atoms with Crippen LogP contribution in [0, 0.1) is 5.82 Å². The van der Waals surface area contributed by atoms with Gasteiger partial charge in [-0.2, -0.15) is 0 Å². The lowest BCUT2D eigenvalue weighted by atomic mass is 10.1. The molecule has 2 aromatic rings. The molecule has 2 nitrogen and oxygen atoms in total. The highest BCUT2D eigenvalue weighted by atomic mass is 19.1. The van der Waals surface area contributed by atoms with Crippen LogP contribution in [0.4, 0.5) is 4.39 Å². The molecule has 0 aliphatic rings. The maximum Gasteiger partial charge on any atom is 0.123 e. The van der Waals surface area contributed by atoms with Crippen molar-refractivity contribution < 1.29 is 4.39 Å². The smallest absolute Gasteiger partial charge is 0.123 e. The molecule has 0 bridgehead atoms. The van der Waals surface area contributed by atoms with E-state index in [1.807, 2.05) is 12.1 Å². The molecular weight excluding hydrogens is 227 g/mol. The molecule has 0 amide bonds. The van der Waals surface area contributed by atoms with E-state index in [1.54, 1.807) is 0 Å². The quantitative estimate of drug-likeness (QED) is 0.854. The van der Waals surface area contributed by atoms with Crippen molar-refractivity contribution >= 4 is 0 Å². The molecule has 0 saturated carbocycles. The van der Waals surface area contributed by atoms with Gasteiger partial charge in [-0.3, -0.25) is 0 Å². The van der Waals surface area contributed by atoms with Gasteiger partial charge in [0.2, 0.25) is 0 Å². The monoisotopic (exact) mass is 246 g/mol. The van der Waals surface area contributed by atoms with Gasteiger partial charge >= 0.3 is 0 Å². The molecule has 0 saturated heterocycles. The molecule has 1 aromatic carbocycles. The van der Waals surface area contributed by atoms with Crippen LogP contribution < -0.4 is 5.32 Å². The van der Waals surface area contributed by atoms with Crippen molar-refractivity contribution in [3.63, 3.8) is 0 Å². The molecule has 18 heavy (non-hydrogen) atoms. The van der Waals surface area contributed by atoms with E-state index in [1.165, 1.54) is 17.8 Å². The lowest BCUT2D eigenvalue weighted by Crippen LogP contribution is -2.19. The zero-order valence-electron chi connectivity index (χ0n) is 10.9. The van der Waals surface area contributed by atoms with Gasteiger partial charge in [-0.1, -0.05) is 12.1 Å². The molecule has 0 fully saturated rings. The summed E-state index contributed by atoms with van der Waals surface area (Å²) >= 11 is 0. The third-order valence-electron chi connectivity index (χ3n) is 3.22. The fourth-order valence-corrected chi connectivity index (χ4v) is 2.05.